The van der Waals surface area contributed by atoms with Gasteiger partial charge in [0.15, 0.2) is 0 Å². The van der Waals surface area contributed by atoms with E-state index >= 15 is 0 Å². The number of halogens is 3. The smallest absolute Gasteiger partial charge is 0.309 e. The van der Waals surface area contributed by atoms with Gasteiger partial charge in [-0.25, -0.2) is 0 Å². The Morgan fingerprint density at radius 3 is 2.32 bits per heavy atom. The normalized spacial score (nSPS) is 24.4. The number of nitrogens with zero attached hydrogens (tertiary/aromatic N) is 3. The second-order valence-electron chi connectivity index (χ2n) is 6.14. The van der Waals surface area contributed by atoms with Crippen molar-refractivity contribution in [1.82, 2.24) is 15.1 Å². The summed E-state index contributed by atoms with van der Waals surface area (Å²) >= 11 is 0. The van der Waals surface area contributed by atoms with Gasteiger partial charge in [0.1, 0.15) is 0 Å². The van der Waals surface area contributed by atoms with Gasteiger partial charge in [-0.15, -0.1) is 0 Å². The molecule has 1 N–H and O–H groups in total. The second kappa shape index (κ2) is 9.33. The Bertz CT molecular complexity index is 342. The van der Waals surface area contributed by atoms with Crippen LogP contribution in [0, 0.1) is 11.3 Å². The number of unbranched alkanes of at least 4 members (excludes halogenated alkanes) is 2. The van der Waals surface area contributed by atoms with Crippen molar-refractivity contribution in [2.45, 2.75) is 51.4 Å². The minimum absolute atomic E-state index is 0.372. The SMILES string of the molecule is CC1CN(CCCCCNCC(F)(F)F)CC(C)N1CC#N. The average Bonchev–Trinajstić information content (AvgIpc) is 2.40. The van der Waals surface area contributed by atoms with Crippen molar-refractivity contribution in [1.29, 1.82) is 5.26 Å². The van der Waals surface area contributed by atoms with E-state index in [-0.39, 0.29) is 0 Å². The molecule has 2 atom stereocenters. The van der Waals surface area contributed by atoms with Gasteiger partial charge in [-0.05, 0) is 39.8 Å². The minimum atomic E-state index is -4.12. The molecule has 1 saturated heterocycles. The van der Waals surface area contributed by atoms with Gasteiger partial charge < -0.3 is 10.2 Å². The van der Waals surface area contributed by atoms with Crippen LogP contribution >= 0.6 is 0 Å². The van der Waals surface area contributed by atoms with Crippen LogP contribution in [0.1, 0.15) is 33.1 Å². The lowest BCUT2D eigenvalue weighted by Crippen LogP contribution is -2.56. The predicted octanol–water partition coefficient (Wildman–Crippen LogP) is 2.23. The van der Waals surface area contributed by atoms with Gasteiger partial charge >= 0.3 is 6.18 Å². The summed E-state index contributed by atoms with van der Waals surface area (Å²) in [5.41, 5.74) is 0. The molecule has 0 aromatic rings. The summed E-state index contributed by atoms with van der Waals surface area (Å²) in [7, 11) is 0. The van der Waals surface area contributed by atoms with Crippen LogP contribution in [0.2, 0.25) is 0 Å². The maximum absolute atomic E-state index is 11.9. The lowest BCUT2D eigenvalue weighted by molar-refractivity contribution is -0.124. The average molecular weight is 320 g/mol. The lowest BCUT2D eigenvalue weighted by Gasteiger charge is -2.43. The van der Waals surface area contributed by atoms with E-state index in [0.717, 1.165) is 38.9 Å². The van der Waals surface area contributed by atoms with Crippen LogP contribution in [-0.2, 0) is 0 Å². The van der Waals surface area contributed by atoms with E-state index in [1.165, 1.54) is 0 Å². The summed E-state index contributed by atoms with van der Waals surface area (Å²) in [4.78, 5) is 4.61. The number of alkyl halides is 3. The van der Waals surface area contributed by atoms with E-state index in [0.29, 0.717) is 25.2 Å². The highest BCUT2D eigenvalue weighted by Gasteiger charge is 2.28. The van der Waals surface area contributed by atoms with Crippen molar-refractivity contribution < 1.29 is 13.2 Å². The first-order chi connectivity index (χ1) is 10.3. The third-order valence-corrected chi connectivity index (χ3v) is 4.08. The summed E-state index contributed by atoms with van der Waals surface area (Å²) in [5.74, 6) is 0. The lowest BCUT2D eigenvalue weighted by atomic mass is 10.1. The molecule has 1 heterocycles. The van der Waals surface area contributed by atoms with Crippen LogP contribution in [0.25, 0.3) is 0 Å². The van der Waals surface area contributed by atoms with Gasteiger partial charge in [0.2, 0.25) is 0 Å². The summed E-state index contributed by atoms with van der Waals surface area (Å²) in [6, 6.07) is 2.96. The van der Waals surface area contributed by atoms with Crippen molar-refractivity contribution in [2.24, 2.45) is 0 Å². The van der Waals surface area contributed by atoms with Crippen molar-refractivity contribution in [3.8, 4) is 6.07 Å². The molecule has 1 aliphatic rings. The molecular formula is C15H27F3N4. The first-order valence-corrected chi connectivity index (χ1v) is 7.96. The maximum Gasteiger partial charge on any atom is 0.401 e. The van der Waals surface area contributed by atoms with Crippen LogP contribution in [0.4, 0.5) is 13.2 Å². The molecule has 2 unspecified atom stereocenters. The molecule has 128 valence electrons. The van der Waals surface area contributed by atoms with Crippen molar-refractivity contribution in [3.63, 3.8) is 0 Å². The molecule has 0 bridgehead atoms. The Morgan fingerprint density at radius 2 is 1.77 bits per heavy atom. The zero-order valence-electron chi connectivity index (χ0n) is 13.5. The standard InChI is InChI=1S/C15H27F3N4/c1-13-10-21(11-14(2)22(13)9-6-19)8-5-3-4-7-20-12-15(16,17)18/h13-14,20H,3-5,7-12H2,1-2H3. The maximum atomic E-state index is 11.9. The number of rotatable bonds is 8. The topological polar surface area (TPSA) is 42.3 Å². The molecule has 0 aromatic heterocycles. The van der Waals surface area contributed by atoms with Crippen molar-refractivity contribution >= 4 is 0 Å². The van der Waals surface area contributed by atoms with Gasteiger partial charge in [-0.3, -0.25) is 4.90 Å². The molecule has 1 fully saturated rings. The number of hydrogen-bond acceptors (Lipinski definition) is 4. The molecule has 1 rings (SSSR count). The third-order valence-electron chi connectivity index (χ3n) is 4.08. The van der Waals surface area contributed by atoms with E-state index in [4.69, 9.17) is 5.26 Å². The van der Waals surface area contributed by atoms with Gasteiger partial charge in [0.05, 0.1) is 19.2 Å². The van der Waals surface area contributed by atoms with Crippen molar-refractivity contribution in [2.75, 3.05) is 39.3 Å². The molecular weight excluding hydrogens is 293 g/mol. The van der Waals surface area contributed by atoms with Crippen LogP contribution in [0.5, 0.6) is 0 Å². The highest BCUT2D eigenvalue weighted by molar-refractivity contribution is 4.90. The number of hydrogen-bond donors (Lipinski definition) is 1. The zero-order chi connectivity index (χ0) is 16.6. The summed E-state index contributed by atoms with van der Waals surface area (Å²) < 4.78 is 35.8. The Balaban J connectivity index is 2.10. The number of nitrogens with one attached hydrogen (secondary N) is 1. The molecule has 0 amide bonds. The van der Waals surface area contributed by atoms with Gasteiger partial charge in [0, 0.05) is 25.2 Å². The highest BCUT2D eigenvalue weighted by atomic mass is 19.4. The van der Waals surface area contributed by atoms with Crippen LogP contribution < -0.4 is 5.32 Å². The Labute approximate surface area is 131 Å². The molecule has 0 radical (unpaired) electrons. The fourth-order valence-corrected chi connectivity index (χ4v) is 3.03. The van der Waals surface area contributed by atoms with Gasteiger partial charge in [-0.2, -0.15) is 18.4 Å². The van der Waals surface area contributed by atoms with Crippen LogP contribution in [0.15, 0.2) is 0 Å². The molecule has 1 aliphatic heterocycles. The fraction of sp³-hybridized carbons (Fsp3) is 0.933. The molecule has 0 aromatic carbocycles. The number of piperazine rings is 1. The molecule has 4 nitrogen and oxygen atoms in total. The van der Waals surface area contributed by atoms with Crippen molar-refractivity contribution in [3.05, 3.63) is 0 Å². The van der Waals surface area contributed by atoms with E-state index in [1.807, 2.05) is 0 Å². The molecule has 0 aliphatic carbocycles. The molecule has 0 spiro atoms. The molecule has 0 saturated carbocycles. The fourth-order valence-electron chi connectivity index (χ4n) is 3.03. The predicted molar refractivity (Wildman–Crippen MR) is 80.5 cm³/mol. The Hall–Kier alpha value is -0.840. The summed E-state index contributed by atoms with van der Waals surface area (Å²) in [5, 5.41) is 11.3. The monoisotopic (exact) mass is 320 g/mol. The van der Waals surface area contributed by atoms with E-state index in [1.54, 1.807) is 0 Å². The van der Waals surface area contributed by atoms with Crippen LogP contribution in [-0.4, -0.2) is 67.3 Å². The van der Waals surface area contributed by atoms with Crippen LogP contribution in [0.3, 0.4) is 0 Å². The third kappa shape index (κ3) is 7.43. The molecule has 7 heteroatoms. The van der Waals surface area contributed by atoms with E-state index in [2.05, 4.69) is 35.0 Å². The van der Waals surface area contributed by atoms with E-state index < -0.39 is 12.7 Å². The first kappa shape index (κ1) is 19.2. The quantitative estimate of drug-likeness (QED) is 0.550. The van der Waals surface area contributed by atoms with Gasteiger partial charge in [-0.1, -0.05) is 6.42 Å². The highest BCUT2D eigenvalue weighted by Crippen LogP contribution is 2.16. The Morgan fingerprint density at radius 1 is 1.14 bits per heavy atom. The first-order valence-electron chi connectivity index (χ1n) is 7.96. The Kier molecular flexibility index (Phi) is 8.15. The largest absolute Gasteiger partial charge is 0.401 e. The number of nitriles is 1. The van der Waals surface area contributed by atoms with E-state index in [9.17, 15) is 13.2 Å². The minimum Gasteiger partial charge on any atom is -0.309 e. The molecule has 22 heavy (non-hydrogen) atoms. The summed E-state index contributed by atoms with van der Waals surface area (Å²) in [6.07, 6.45) is -1.40. The van der Waals surface area contributed by atoms with Gasteiger partial charge in [0.25, 0.3) is 0 Å². The zero-order valence-corrected chi connectivity index (χ0v) is 13.5. The summed E-state index contributed by atoms with van der Waals surface area (Å²) in [6.45, 7) is 7.17. The second-order valence-corrected chi connectivity index (χ2v) is 6.14.